The molecule has 2 aliphatic rings. The first-order valence-corrected chi connectivity index (χ1v) is 19.6. The van der Waals surface area contributed by atoms with Crippen molar-refractivity contribution in [2.24, 2.45) is 0 Å². The Balaban J connectivity index is 1.14. The maximum atomic E-state index is 17.0. The molecule has 0 N–H and O–H groups in total. The number of nitrogens with zero attached hydrogens (tertiary/aromatic N) is 1. The maximum Gasteiger partial charge on any atom is 0.137 e. The van der Waals surface area contributed by atoms with Gasteiger partial charge < -0.3 is 8.98 Å². The second kappa shape index (κ2) is 9.64. The zero-order valence-electron chi connectivity index (χ0n) is 27.9. The van der Waals surface area contributed by atoms with Crippen molar-refractivity contribution in [3.63, 3.8) is 0 Å². The molecule has 8 aromatic carbocycles. The van der Waals surface area contributed by atoms with Gasteiger partial charge in [0.2, 0.25) is 0 Å². The van der Waals surface area contributed by atoms with E-state index < -0.39 is 9.07 Å². The summed E-state index contributed by atoms with van der Waals surface area (Å²) in [7, 11) is -3.93. The normalized spacial score (nSPS) is 15.4. The van der Waals surface area contributed by atoms with Crippen molar-refractivity contribution in [3.05, 3.63) is 176 Å². The molecular formula is C48H29NO2S. The number of benzene rings is 8. The van der Waals surface area contributed by atoms with E-state index in [1.165, 1.54) is 10.8 Å². The highest BCUT2D eigenvalue weighted by molar-refractivity contribution is 8.21. The first-order valence-electron chi connectivity index (χ1n) is 17.7. The third-order valence-electron chi connectivity index (χ3n) is 11.5. The molecule has 0 aliphatic carbocycles. The van der Waals surface area contributed by atoms with Gasteiger partial charge in [0, 0.05) is 67.5 Å². The average Bonchev–Trinajstić information content (AvgIpc) is 3.88. The van der Waals surface area contributed by atoms with Crippen LogP contribution < -0.4 is 0 Å². The predicted molar refractivity (Wildman–Crippen MR) is 212 cm³/mol. The molecule has 1 spiro atoms. The molecule has 0 unspecified atom stereocenters. The Bertz CT molecular complexity index is 3220. The van der Waals surface area contributed by atoms with Crippen LogP contribution in [0.1, 0.15) is 0 Å². The van der Waals surface area contributed by atoms with E-state index >= 15 is 4.21 Å². The number of rotatable bonds is 2. The van der Waals surface area contributed by atoms with Crippen molar-refractivity contribution in [2.45, 2.75) is 19.6 Å². The molecule has 3 nitrogen and oxygen atoms in total. The van der Waals surface area contributed by atoms with Gasteiger partial charge in [0.15, 0.2) is 0 Å². The summed E-state index contributed by atoms with van der Waals surface area (Å²) in [5.41, 5.74) is 11.4. The molecule has 2 aromatic heterocycles. The number of aromatic nitrogens is 1. The van der Waals surface area contributed by atoms with Crippen LogP contribution in [0.3, 0.4) is 0 Å². The molecule has 12 rings (SSSR count). The van der Waals surface area contributed by atoms with Crippen molar-refractivity contribution >= 4 is 52.8 Å². The van der Waals surface area contributed by atoms with Crippen LogP contribution in [0.15, 0.2) is 200 Å². The number of hydrogen-bond donors (Lipinski definition) is 0. The van der Waals surface area contributed by atoms with Gasteiger partial charge >= 0.3 is 0 Å². The van der Waals surface area contributed by atoms with E-state index in [1.54, 1.807) is 0 Å². The minimum absolute atomic E-state index is 0.874. The molecule has 4 heterocycles. The van der Waals surface area contributed by atoms with Crippen LogP contribution in [-0.4, -0.2) is 8.78 Å². The average molecular weight is 684 g/mol. The topological polar surface area (TPSA) is 35.1 Å². The highest BCUT2D eigenvalue weighted by Crippen LogP contribution is 2.71. The SMILES string of the molecule is O=S12(c3ccccc3-c3ccccc31)c1ccccc1-c1c(-c3cccc(-n4c5ccccc5c5cc6c(cc54)oc4ccccc46)c3)cccc12. The lowest BCUT2D eigenvalue weighted by atomic mass is 9.94. The molecule has 0 saturated heterocycles. The maximum absolute atomic E-state index is 17.0. The lowest BCUT2D eigenvalue weighted by Gasteiger charge is -2.38. The summed E-state index contributed by atoms with van der Waals surface area (Å²) >= 11 is 0. The molecule has 10 aromatic rings. The van der Waals surface area contributed by atoms with Crippen LogP contribution in [0.5, 0.6) is 0 Å². The van der Waals surface area contributed by atoms with E-state index in [4.69, 9.17) is 4.42 Å². The van der Waals surface area contributed by atoms with E-state index in [2.05, 4.69) is 150 Å². The van der Waals surface area contributed by atoms with Gasteiger partial charge in [-0.1, -0.05) is 115 Å². The van der Waals surface area contributed by atoms with Gasteiger partial charge in [-0.15, -0.1) is 0 Å². The smallest absolute Gasteiger partial charge is 0.137 e. The summed E-state index contributed by atoms with van der Waals surface area (Å²) in [4.78, 5) is 3.59. The number of hydrogen-bond acceptors (Lipinski definition) is 2. The summed E-state index contributed by atoms with van der Waals surface area (Å²) < 4.78 is 25.7. The fourth-order valence-corrected chi connectivity index (χ4v) is 14.6. The number of para-hydroxylation sites is 2. The first kappa shape index (κ1) is 28.2. The third kappa shape index (κ3) is 3.21. The highest BCUT2D eigenvalue weighted by atomic mass is 32.3. The molecule has 0 atom stereocenters. The molecular weight excluding hydrogens is 655 g/mol. The Morgan fingerprint density at radius 1 is 0.404 bits per heavy atom. The van der Waals surface area contributed by atoms with E-state index in [0.717, 1.165) is 91.6 Å². The highest BCUT2D eigenvalue weighted by Gasteiger charge is 2.57. The lowest BCUT2D eigenvalue weighted by Crippen LogP contribution is -2.30. The third-order valence-corrected chi connectivity index (χ3v) is 16.3. The summed E-state index contributed by atoms with van der Waals surface area (Å²) in [5, 5.41) is 4.63. The Hall–Kier alpha value is -6.49. The molecule has 4 heteroatoms. The molecule has 244 valence electrons. The van der Waals surface area contributed by atoms with Crippen molar-refractivity contribution in [2.75, 3.05) is 0 Å². The lowest BCUT2D eigenvalue weighted by molar-refractivity contribution is 0.658. The Kier molecular flexibility index (Phi) is 5.23. The fraction of sp³-hybridized carbons (Fsp3) is 0. The van der Waals surface area contributed by atoms with Crippen molar-refractivity contribution in [1.29, 1.82) is 0 Å². The summed E-state index contributed by atoms with van der Waals surface area (Å²) in [6, 6.07) is 61.5. The summed E-state index contributed by atoms with van der Waals surface area (Å²) in [5.74, 6) is 0. The summed E-state index contributed by atoms with van der Waals surface area (Å²) in [6.45, 7) is 0. The Morgan fingerprint density at radius 3 is 1.79 bits per heavy atom. The second-order valence-electron chi connectivity index (χ2n) is 14.0. The Morgan fingerprint density at radius 2 is 1.00 bits per heavy atom. The zero-order chi connectivity index (χ0) is 34.2. The van der Waals surface area contributed by atoms with Crippen LogP contribution in [0.4, 0.5) is 0 Å². The monoisotopic (exact) mass is 683 g/mol. The van der Waals surface area contributed by atoms with E-state index in [0.29, 0.717) is 0 Å². The quantitative estimate of drug-likeness (QED) is 0.182. The minimum Gasteiger partial charge on any atom is -0.456 e. The standard InChI is InChI=1S/C48H29NO2S/c50-52(44-23-8-3-17-35(44)36-18-4-9-24-45(36)52)46-25-10-5-19-37(46)48-32(20-12-26-47(48)52)30-13-11-14-31(27-30)49-40-21-6-1-15-33(40)38-28-39-34-16-2-7-22-42(34)51-43(39)29-41(38)49/h1-29H. The van der Waals surface area contributed by atoms with Gasteiger partial charge in [0.25, 0.3) is 0 Å². The van der Waals surface area contributed by atoms with Crippen LogP contribution >= 0.6 is 0 Å². The molecule has 0 radical (unpaired) electrons. The molecule has 0 amide bonds. The van der Waals surface area contributed by atoms with Gasteiger partial charge in [-0.3, -0.25) is 4.21 Å². The predicted octanol–water partition coefficient (Wildman–Crippen LogP) is 12.7. The van der Waals surface area contributed by atoms with Crippen molar-refractivity contribution in [1.82, 2.24) is 4.57 Å². The van der Waals surface area contributed by atoms with Crippen molar-refractivity contribution in [3.8, 4) is 39.1 Å². The van der Waals surface area contributed by atoms with Gasteiger partial charge in [-0.25, -0.2) is 0 Å². The van der Waals surface area contributed by atoms with Crippen LogP contribution in [0, 0.1) is 0 Å². The van der Waals surface area contributed by atoms with Crippen LogP contribution in [0.25, 0.3) is 82.8 Å². The van der Waals surface area contributed by atoms with Gasteiger partial charge in [-0.2, -0.15) is 0 Å². The first-order chi connectivity index (χ1) is 25.6. The largest absolute Gasteiger partial charge is 0.456 e. The molecule has 2 aliphatic heterocycles. The molecule has 52 heavy (non-hydrogen) atoms. The van der Waals surface area contributed by atoms with E-state index in [1.807, 2.05) is 30.3 Å². The Labute approximate surface area is 299 Å². The van der Waals surface area contributed by atoms with Gasteiger partial charge in [0.05, 0.1) is 11.0 Å². The molecule has 0 bridgehead atoms. The van der Waals surface area contributed by atoms with Crippen LogP contribution in [-0.2, 0) is 9.07 Å². The van der Waals surface area contributed by atoms with Crippen molar-refractivity contribution < 1.29 is 8.63 Å². The summed E-state index contributed by atoms with van der Waals surface area (Å²) in [6.07, 6.45) is 0. The zero-order valence-corrected chi connectivity index (χ0v) is 28.7. The minimum atomic E-state index is -3.93. The second-order valence-corrected chi connectivity index (χ2v) is 17.6. The van der Waals surface area contributed by atoms with E-state index in [-0.39, 0.29) is 0 Å². The van der Waals surface area contributed by atoms with Gasteiger partial charge in [-0.05, 0) is 82.4 Å². The molecule has 0 fully saturated rings. The van der Waals surface area contributed by atoms with Gasteiger partial charge in [0.1, 0.15) is 11.2 Å². The number of furan rings is 1. The fourth-order valence-electron chi connectivity index (χ4n) is 9.43. The number of fused-ring (bicyclic) bond motifs is 16. The van der Waals surface area contributed by atoms with Crippen LogP contribution in [0.2, 0.25) is 0 Å². The molecule has 0 saturated carbocycles. The van der Waals surface area contributed by atoms with E-state index in [9.17, 15) is 0 Å².